The fraction of sp³-hybridized carbons (Fsp3) is 0.348. The van der Waals surface area contributed by atoms with Crippen LogP contribution in [0.2, 0.25) is 0 Å². The number of aromatic amines is 1. The smallest absolute Gasteiger partial charge is 0.232 e. The molecule has 0 radical (unpaired) electrons. The second-order valence-corrected chi connectivity index (χ2v) is 8.29. The third-order valence-electron chi connectivity index (χ3n) is 6.29. The van der Waals surface area contributed by atoms with Gasteiger partial charge in [-0.2, -0.15) is 9.97 Å². The lowest BCUT2D eigenvalue weighted by Crippen LogP contribution is -2.33. The maximum absolute atomic E-state index is 9.78. The van der Waals surface area contributed by atoms with E-state index in [1.54, 1.807) is 29.2 Å². The highest BCUT2D eigenvalue weighted by molar-refractivity contribution is 5.89. The van der Waals surface area contributed by atoms with E-state index in [4.69, 9.17) is 4.98 Å². The van der Waals surface area contributed by atoms with Gasteiger partial charge in [0.15, 0.2) is 5.82 Å². The summed E-state index contributed by atoms with van der Waals surface area (Å²) in [4.78, 5) is 19.0. The summed E-state index contributed by atoms with van der Waals surface area (Å²) in [6, 6.07) is 5.46. The summed E-state index contributed by atoms with van der Waals surface area (Å²) in [7, 11) is 0. The molecule has 1 fully saturated rings. The number of anilines is 3. The molecule has 1 aliphatic rings. The van der Waals surface area contributed by atoms with Gasteiger partial charge in [-0.3, -0.25) is 0 Å². The molecular weight excluding hydrogens is 438 g/mol. The lowest BCUT2D eigenvalue weighted by Gasteiger charge is -2.25. The van der Waals surface area contributed by atoms with Crippen LogP contribution in [0, 0.1) is 0 Å². The van der Waals surface area contributed by atoms with Gasteiger partial charge in [-0.1, -0.05) is 0 Å². The van der Waals surface area contributed by atoms with Crippen LogP contribution in [0.4, 0.5) is 17.6 Å². The Morgan fingerprint density at radius 1 is 1.06 bits per heavy atom. The maximum Gasteiger partial charge on any atom is 0.232 e. The Bertz CT molecular complexity index is 1280. The molecule has 3 aromatic heterocycles. The van der Waals surface area contributed by atoms with Gasteiger partial charge in [0.25, 0.3) is 0 Å². The van der Waals surface area contributed by atoms with Gasteiger partial charge in [-0.05, 0) is 47.7 Å². The average Bonchev–Trinajstić information content (AvgIpc) is 3.63. The van der Waals surface area contributed by atoms with Crippen LogP contribution >= 0.6 is 0 Å². The van der Waals surface area contributed by atoms with Crippen LogP contribution in [0.15, 0.2) is 36.9 Å². The number of aliphatic hydroxyl groups is 4. The molecule has 0 unspecified atom stereocenters. The quantitative estimate of drug-likeness (QED) is 0.226. The molecule has 0 spiro atoms. The van der Waals surface area contributed by atoms with Crippen molar-refractivity contribution < 1.29 is 20.4 Å². The van der Waals surface area contributed by atoms with E-state index < -0.39 is 0 Å². The average molecular weight is 466 g/mol. The molecule has 1 atom stereocenters. The van der Waals surface area contributed by atoms with Crippen LogP contribution in [0.25, 0.3) is 16.7 Å². The predicted molar refractivity (Wildman–Crippen MR) is 126 cm³/mol. The molecule has 11 heteroatoms. The minimum Gasteiger partial charge on any atom is -0.394 e. The number of benzene rings is 1. The number of nitrogens with one attached hydrogen (secondary N) is 2. The molecule has 1 aliphatic heterocycles. The van der Waals surface area contributed by atoms with Crippen molar-refractivity contribution in [1.29, 1.82) is 0 Å². The fourth-order valence-electron chi connectivity index (χ4n) is 4.56. The zero-order chi connectivity index (χ0) is 23.7. The van der Waals surface area contributed by atoms with Crippen molar-refractivity contribution in [2.24, 2.45) is 0 Å². The highest BCUT2D eigenvalue weighted by Gasteiger charge is 2.27. The van der Waals surface area contributed by atoms with E-state index in [1.807, 2.05) is 12.3 Å². The van der Waals surface area contributed by atoms with Crippen LogP contribution in [-0.2, 0) is 19.8 Å². The highest BCUT2D eigenvalue weighted by atomic mass is 16.3. The topological polar surface area (TPSA) is 156 Å². The molecule has 0 amide bonds. The SMILES string of the molecule is OCc1cc(-n2cnc(Nc3nc(N4CCC[C@@H]4CO)c4cc[nH]c4n3)c2)cc(CO)c1CO. The minimum absolute atomic E-state index is 0.0309. The molecule has 1 aromatic carbocycles. The van der Waals surface area contributed by atoms with Crippen molar-refractivity contribution in [2.75, 3.05) is 23.4 Å². The van der Waals surface area contributed by atoms with Gasteiger partial charge >= 0.3 is 0 Å². The van der Waals surface area contributed by atoms with Crippen molar-refractivity contribution in [3.63, 3.8) is 0 Å². The number of fused-ring (bicyclic) bond motifs is 1. The van der Waals surface area contributed by atoms with Crippen molar-refractivity contribution in [3.8, 4) is 5.69 Å². The minimum atomic E-state index is -0.266. The molecule has 34 heavy (non-hydrogen) atoms. The van der Waals surface area contributed by atoms with E-state index in [9.17, 15) is 20.4 Å². The predicted octanol–water partition coefficient (Wildman–Crippen LogP) is 1.33. The molecule has 0 saturated carbocycles. The summed E-state index contributed by atoms with van der Waals surface area (Å²) in [5.41, 5.74) is 2.99. The number of rotatable bonds is 8. The first-order valence-corrected chi connectivity index (χ1v) is 11.2. The van der Waals surface area contributed by atoms with Gasteiger partial charge in [0.05, 0.1) is 44.1 Å². The summed E-state index contributed by atoms with van der Waals surface area (Å²) in [6.07, 6.45) is 7.09. The number of aliphatic hydroxyl groups excluding tert-OH is 4. The normalized spacial score (nSPS) is 16.0. The molecule has 5 rings (SSSR count). The van der Waals surface area contributed by atoms with E-state index in [2.05, 4.69) is 25.2 Å². The Balaban J connectivity index is 1.46. The fourth-order valence-corrected chi connectivity index (χ4v) is 4.56. The molecule has 6 N–H and O–H groups in total. The van der Waals surface area contributed by atoms with Gasteiger partial charge in [-0.25, -0.2) is 4.98 Å². The Kier molecular flexibility index (Phi) is 6.16. The van der Waals surface area contributed by atoms with Crippen LogP contribution in [0.3, 0.4) is 0 Å². The molecule has 178 valence electrons. The lowest BCUT2D eigenvalue weighted by molar-refractivity contribution is 0.247. The van der Waals surface area contributed by atoms with Crippen molar-refractivity contribution in [2.45, 2.75) is 38.7 Å². The zero-order valence-electron chi connectivity index (χ0n) is 18.5. The first kappa shape index (κ1) is 22.3. The maximum atomic E-state index is 9.78. The monoisotopic (exact) mass is 465 g/mol. The summed E-state index contributed by atoms with van der Waals surface area (Å²) >= 11 is 0. The van der Waals surface area contributed by atoms with Crippen LogP contribution in [-0.4, -0.2) is 64.1 Å². The number of imidazole rings is 1. The lowest BCUT2D eigenvalue weighted by atomic mass is 10.0. The van der Waals surface area contributed by atoms with Crippen LogP contribution in [0.5, 0.6) is 0 Å². The van der Waals surface area contributed by atoms with Crippen molar-refractivity contribution in [3.05, 3.63) is 53.6 Å². The molecule has 0 bridgehead atoms. The Labute approximate surface area is 195 Å². The summed E-state index contributed by atoms with van der Waals surface area (Å²) in [6.45, 7) is 0.117. The molecule has 1 saturated heterocycles. The Morgan fingerprint density at radius 2 is 1.85 bits per heavy atom. The first-order chi connectivity index (χ1) is 16.6. The van der Waals surface area contributed by atoms with Crippen molar-refractivity contribution >= 4 is 28.6 Å². The molecule has 4 heterocycles. The summed E-state index contributed by atoms with van der Waals surface area (Å²) in [5, 5.41) is 42.8. The zero-order valence-corrected chi connectivity index (χ0v) is 18.5. The second-order valence-electron chi connectivity index (χ2n) is 8.29. The Hall–Kier alpha value is -3.51. The van der Waals surface area contributed by atoms with E-state index >= 15 is 0 Å². The summed E-state index contributed by atoms with van der Waals surface area (Å²) in [5.74, 6) is 1.66. The third-order valence-corrected chi connectivity index (χ3v) is 6.29. The number of nitrogens with zero attached hydrogens (tertiary/aromatic N) is 5. The molecule has 0 aliphatic carbocycles. The van der Waals surface area contributed by atoms with Gasteiger partial charge in [0.2, 0.25) is 5.95 Å². The van der Waals surface area contributed by atoms with E-state index in [0.717, 1.165) is 30.6 Å². The highest BCUT2D eigenvalue weighted by Crippen LogP contribution is 2.31. The summed E-state index contributed by atoms with van der Waals surface area (Å²) < 4.78 is 1.75. The van der Waals surface area contributed by atoms with Crippen LogP contribution < -0.4 is 10.2 Å². The number of H-pyrrole nitrogens is 1. The molecular formula is C23H27N7O4. The number of hydrogen-bond donors (Lipinski definition) is 6. The van der Waals surface area contributed by atoms with Gasteiger partial charge in [-0.15, -0.1) is 0 Å². The standard InChI is InChI=1S/C23H27N7O4/c31-9-14-6-17(7-15(10-32)19(14)12-34)29-8-20(25-13-29)26-23-27-21-18(3-4-24-21)22(28-23)30-5-1-2-16(30)11-33/h3-4,6-8,13,16,31-34H,1-2,5,9-12H2,(H2,24,26,27,28)/t16-/m1/s1. The number of hydrogen-bond acceptors (Lipinski definition) is 9. The largest absolute Gasteiger partial charge is 0.394 e. The van der Waals surface area contributed by atoms with E-state index in [1.165, 1.54) is 0 Å². The van der Waals surface area contributed by atoms with Gasteiger partial charge in [0, 0.05) is 18.4 Å². The van der Waals surface area contributed by atoms with Gasteiger partial charge in [0.1, 0.15) is 17.8 Å². The second kappa shape index (κ2) is 9.39. The third kappa shape index (κ3) is 3.99. The van der Waals surface area contributed by atoms with Gasteiger partial charge < -0.3 is 40.2 Å². The van der Waals surface area contributed by atoms with Crippen LogP contribution in [0.1, 0.15) is 29.5 Å². The number of aromatic nitrogens is 5. The Morgan fingerprint density at radius 3 is 2.56 bits per heavy atom. The van der Waals surface area contributed by atoms with Crippen molar-refractivity contribution in [1.82, 2.24) is 24.5 Å². The first-order valence-electron chi connectivity index (χ1n) is 11.2. The van der Waals surface area contributed by atoms with E-state index in [-0.39, 0.29) is 32.5 Å². The molecule has 11 nitrogen and oxygen atoms in total. The molecule has 4 aromatic rings. The van der Waals surface area contributed by atoms with E-state index in [0.29, 0.717) is 39.8 Å².